The summed E-state index contributed by atoms with van der Waals surface area (Å²) < 4.78 is 5.16. The molecule has 0 fully saturated rings. The quantitative estimate of drug-likeness (QED) is 0.842. The second-order valence-corrected chi connectivity index (χ2v) is 4.05. The Morgan fingerprint density at radius 3 is 2.56 bits per heavy atom. The molecule has 0 radical (unpaired) electrons. The van der Waals surface area contributed by atoms with E-state index in [0.29, 0.717) is 16.9 Å². The largest absolute Gasteiger partial charge is 0.507 e. The number of aryl methyl sites for hydroxylation is 1. The summed E-state index contributed by atoms with van der Waals surface area (Å²) in [5.41, 5.74) is 1.66. The van der Waals surface area contributed by atoms with Crippen molar-refractivity contribution in [3.63, 3.8) is 0 Å². The lowest BCUT2D eigenvalue weighted by molar-refractivity contribution is 0.103. The van der Waals surface area contributed by atoms with Crippen molar-refractivity contribution in [3.05, 3.63) is 59.2 Å². The molecule has 0 aliphatic carbocycles. The average Bonchev–Trinajstić information content (AvgIpc) is 2.40. The minimum atomic E-state index is -0.242. The fourth-order valence-corrected chi connectivity index (χ4v) is 1.81. The lowest BCUT2D eigenvalue weighted by Crippen LogP contribution is -2.04. The van der Waals surface area contributed by atoms with Crippen LogP contribution in [0.25, 0.3) is 0 Å². The van der Waals surface area contributed by atoms with Crippen LogP contribution in [0.5, 0.6) is 11.5 Å². The second-order valence-electron chi connectivity index (χ2n) is 4.05. The topological polar surface area (TPSA) is 46.5 Å². The average molecular weight is 242 g/mol. The van der Waals surface area contributed by atoms with Crippen LogP contribution < -0.4 is 4.74 Å². The number of para-hydroxylation sites is 1. The van der Waals surface area contributed by atoms with E-state index in [1.165, 1.54) is 13.2 Å². The molecule has 0 spiro atoms. The Balaban J connectivity index is 2.51. The molecular formula is C15H14O3. The second kappa shape index (κ2) is 4.92. The van der Waals surface area contributed by atoms with Crippen LogP contribution in [0.4, 0.5) is 0 Å². The van der Waals surface area contributed by atoms with Gasteiger partial charge in [0.1, 0.15) is 11.5 Å². The zero-order chi connectivity index (χ0) is 13.1. The molecule has 0 aliphatic heterocycles. The summed E-state index contributed by atoms with van der Waals surface area (Å²) in [7, 11) is 1.52. The first kappa shape index (κ1) is 12.2. The molecule has 92 valence electrons. The Morgan fingerprint density at radius 1 is 1.11 bits per heavy atom. The molecular weight excluding hydrogens is 228 g/mol. The molecule has 2 aromatic carbocycles. The lowest BCUT2D eigenvalue weighted by Gasteiger charge is -2.09. The molecule has 0 amide bonds. The number of rotatable bonds is 3. The molecule has 18 heavy (non-hydrogen) atoms. The Bertz CT molecular complexity index is 588. The first-order valence-electron chi connectivity index (χ1n) is 5.61. The number of phenolic OH excluding ortho intramolecular Hbond substituents is 1. The van der Waals surface area contributed by atoms with Gasteiger partial charge in [-0.15, -0.1) is 0 Å². The van der Waals surface area contributed by atoms with Gasteiger partial charge in [0.15, 0.2) is 5.78 Å². The molecule has 0 unspecified atom stereocenters. The highest BCUT2D eigenvalue weighted by atomic mass is 16.5. The molecule has 0 aromatic heterocycles. The minimum Gasteiger partial charge on any atom is -0.507 e. The fourth-order valence-electron chi connectivity index (χ4n) is 1.81. The van der Waals surface area contributed by atoms with E-state index in [9.17, 15) is 9.90 Å². The van der Waals surface area contributed by atoms with Crippen LogP contribution in [-0.4, -0.2) is 18.0 Å². The van der Waals surface area contributed by atoms with Crippen LogP contribution in [0.2, 0.25) is 0 Å². The first-order valence-corrected chi connectivity index (χ1v) is 5.61. The monoisotopic (exact) mass is 242 g/mol. The maximum atomic E-state index is 12.4. The van der Waals surface area contributed by atoms with E-state index in [2.05, 4.69) is 0 Å². The summed E-state index contributed by atoms with van der Waals surface area (Å²) in [5, 5.41) is 9.77. The van der Waals surface area contributed by atoms with Gasteiger partial charge in [-0.3, -0.25) is 4.79 Å². The number of methoxy groups -OCH3 is 1. The van der Waals surface area contributed by atoms with Crippen molar-refractivity contribution in [1.82, 2.24) is 0 Å². The standard InChI is InChI=1S/C15H14O3/c1-10-7-8-13(16)12(9-10)15(17)11-5-3-4-6-14(11)18-2/h3-9,16H,1-2H3. The lowest BCUT2D eigenvalue weighted by atomic mass is 10.00. The summed E-state index contributed by atoms with van der Waals surface area (Å²) in [6.07, 6.45) is 0. The molecule has 0 bridgehead atoms. The molecule has 0 aliphatic rings. The van der Waals surface area contributed by atoms with Gasteiger partial charge >= 0.3 is 0 Å². The summed E-state index contributed by atoms with van der Waals surface area (Å²) in [6, 6.07) is 11.9. The maximum absolute atomic E-state index is 12.4. The van der Waals surface area contributed by atoms with Crippen molar-refractivity contribution in [2.24, 2.45) is 0 Å². The highest BCUT2D eigenvalue weighted by Gasteiger charge is 2.17. The minimum absolute atomic E-state index is 0.0171. The first-order chi connectivity index (χ1) is 8.63. The number of aromatic hydroxyl groups is 1. The van der Waals surface area contributed by atoms with E-state index in [1.54, 1.807) is 36.4 Å². The van der Waals surface area contributed by atoms with Gasteiger partial charge in [-0.2, -0.15) is 0 Å². The third-order valence-electron chi connectivity index (χ3n) is 2.75. The van der Waals surface area contributed by atoms with Crippen molar-refractivity contribution in [3.8, 4) is 11.5 Å². The Kier molecular flexibility index (Phi) is 3.33. The predicted octanol–water partition coefficient (Wildman–Crippen LogP) is 2.94. The number of ether oxygens (including phenoxy) is 1. The zero-order valence-corrected chi connectivity index (χ0v) is 10.3. The van der Waals surface area contributed by atoms with E-state index in [4.69, 9.17) is 4.74 Å². The molecule has 0 heterocycles. The number of carbonyl (C=O) groups is 1. The molecule has 3 heteroatoms. The van der Waals surface area contributed by atoms with Gasteiger partial charge in [0.25, 0.3) is 0 Å². The summed E-state index contributed by atoms with van der Waals surface area (Å²) in [4.78, 5) is 12.4. The molecule has 1 N–H and O–H groups in total. The van der Waals surface area contributed by atoms with Crippen molar-refractivity contribution in [2.45, 2.75) is 6.92 Å². The van der Waals surface area contributed by atoms with Crippen molar-refractivity contribution < 1.29 is 14.6 Å². The summed E-state index contributed by atoms with van der Waals surface area (Å²) in [6.45, 7) is 1.87. The number of carbonyl (C=O) groups excluding carboxylic acids is 1. The fraction of sp³-hybridized carbons (Fsp3) is 0.133. The van der Waals surface area contributed by atoms with E-state index in [0.717, 1.165) is 5.56 Å². The summed E-state index contributed by atoms with van der Waals surface area (Å²) >= 11 is 0. The molecule has 2 rings (SSSR count). The third kappa shape index (κ3) is 2.20. The molecule has 0 saturated carbocycles. The van der Waals surface area contributed by atoms with E-state index >= 15 is 0 Å². The smallest absolute Gasteiger partial charge is 0.200 e. The third-order valence-corrected chi connectivity index (χ3v) is 2.75. The van der Waals surface area contributed by atoms with Crippen molar-refractivity contribution in [2.75, 3.05) is 7.11 Å². The Morgan fingerprint density at radius 2 is 1.83 bits per heavy atom. The number of ketones is 1. The molecule has 2 aromatic rings. The van der Waals surface area contributed by atoms with Gasteiger partial charge in [-0.05, 0) is 31.2 Å². The van der Waals surface area contributed by atoms with E-state index in [-0.39, 0.29) is 11.5 Å². The SMILES string of the molecule is COc1ccccc1C(=O)c1cc(C)ccc1O. The number of hydrogen-bond donors (Lipinski definition) is 1. The van der Waals surface area contributed by atoms with Crippen LogP contribution in [0.3, 0.4) is 0 Å². The molecule has 3 nitrogen and oxygen atoms in total. The zero-order valence-electron chi connectivity index (χ0n) is 10.3. The highest BCUT2D eigenvalue weighted by molar-refractivity contribution is 6.12. The van der Waals surface area contributed by atoms with Crippen LogP contribution >= 0.6 is 0 Å². The normalized spacial score (nSPS) is 10.1. The Labute approximate surface area is 106 Å². The Hall–Kier alpha value is -2.29. The highest BCUT2D eigenvalue weighted by Crippen LogP contribution is 2.26. The van der Waals surface area contributed by atoms with Crippen molar-refractivity contribution in [1.29, 1.82) is 0 Å². The number of benzene rings is 2. The summed E-state index contributed by atoms with van der Waals surface area (Å²) in [5.74, 6) is 0.244. The van der Waals surface area contributed by atoms with Crippen LogP contribution in [-0.2, 0) is 0 Å². The van der Waals surface area contributed by atoms with Crippen LogP contribution in [0.1, 0.15) is 21.5 Å². The van der Waals surface area contributed by atoms with E-state index < -0.39 is 0 Å². The van der Waals surface area contributed by atoms with Gasteiger partial charge in [0.2, 0.25) is 0 Å². The van der Waals surface area contributed by atoms with Gasteiger partial charge < -0.3 is 9.84 Å². The van der Waals surface area contributed by atoms with Crippen LogP contribution in [0, 0.1) is 6.92 Å². The van der Waals surface area contributed by atoms with Crippen molar-refractivity contribution >= 4 is 5.78 Å². The van der Waals surface area contributed by atoms with Gasteiger partial charge in [0.05, 0.1) is 18.2 Å². The molecule has 0 saturated heterocycles. The number of phenols is 1. The van der Waals surface area contributed by atoms with Gasteiger partial charge in [0, 0.05) is 0 Å². The van der Waals surface area contributed by atoms with E-state index in [1.807, 2.05) is 6.92 Å². The number of hydrogen-bond acceptors (Lipinski definition) is 3. The molecule has 0 atom stereocenters. The van der Waals surface area contributed by atoms with Gasteiger partial charge in [-0.1, -0.05) is 23.8 Å². The predicted molar refractivity (Wildman–Crippen MR) is 69.3 cm³/mol. The van der Waals surface area contributed by atoms with Gasteiger partial charge in [-0.25, -0.2) is 0 Å². The maximum Gasteiger partial charge on any atom is 0.200 e. The van der Waals surface area contributed by atoms with Crippen LogP contribution in [0.15, 0.2) is 42.5 Å².